The van der Waals surface area contributed by atoms with Crippen LogP contribution in [-0.4, -0.2) is 81.9 Å². The van der Waals surface area contributed by atoms with Gasteiger partial charge in [0.2, 0.25) is 0 Å². The Labute approximate surface area is 209 Å². The Morgan fingerprint density at radius 1 is 1.00 bits per heavy atom. The van der Waals surface area contributed by atoms with Crippen molar-refractivity contribution in [2.75, 3.05) is 46.9 Å². The highest BCUT2D eigenvalue weighted by Gasteiger charge is 2.32. The van der Waals surface area contributed by atoms with E-state index in [9.17, 15) is 4.79 Å². The molecule has 0 unspecified atom stereocenters. The van der Waals surface area contributed by atoms with Crippen LogP contribution in [-0.2, 0) is 6.54 Å². The van der Waals surface area contributed by atoms with E-state index in [2.05, 4.69) is 37.2 Å². The van der Waals surface area contributed by atoms with Crippen LogP contribution in [0.4, 0.5) is 0 Å². The molecule has 36 heavy (non-hydrogen) atoms. The molecule has 0 spiro atoms. The lowest BCUT2D eigenvalue weighted by Gasteiger charge is -2.38. The summed E-state index contributed by atoms with van der Waals surface area (Å²) in [5.41, 5.74) is 2.19. The van der Waals surface area contributed by atoms with Gasteiger partial charge in [0.15, 0.2) is 17.3 Å². The molecular weight excluding hydrogens is 458 g/mol. The fraction of sp³-hybridized carbons (Fsp3) is 0.385. The van der Waals surface area contributed by atoms with Gasteiger partial charge in [0.1, 0.15) is 6.04 Å². The topological polar surface area (TPSA) is 101 Å². The highest BCUT2D eigenvalue weighted by molar-refractivity contribution is 5.83. The number of likely N-dealkylation sites (N-methyl/N-ethyl adjacent to an activating group) is 1. The second-order valence-electron chi connectivity index (χ2n) is 8.90. The van der Waals surface area contributed by atoms with Gasteiger partial charge in [-0.1, -0.05) is 37.3 Å². The molecule has 0 aliphatic carbocycles. The SMILES string of the molecule is CCN1CCN([C@H](c2cc3cc(OC)c(OC)cc3[nH]c2=O)c2nnnn2Cc2ccccc2)CC1. The smallest absolute Gasteiger partial charge is 0.253 e. The van der Waals surface area contributed by atoms with Gasteiger partial charge in [-0.25, -0.2) is 4.68 Å². The van der Waals surface area contributed by atoms with Crippen molar-refractivity contribution in [3.63, 3.8) is 0 Å². The third-order valence-corrected chi connectivity index (χ3v) is 6.87. The van der Waals surface area contributed by atoms with Crippen molar-refractivity contribution in [2.45, 2.75) is 19.5 Å². The van der Waals surface area contributed by atoms with Gasteiger partial charge in [0.25, 0.3) is 5.56 Å². The van der Waals surface area contributed by atoms with E-state index in [4.69, 9.17) is 9.47 Å². The summed E-state index contributed by atoms with van der Waals surface area (Å²) in [5.74, 6) is 1.81. The van der Waals surface area contributed by atoms with Crippen LogP contribution in [0.5, 0.6) is 11.5 Å². The molecule has 0 bridgehead atoms. The van der Waals surface area contributed by atoms with Crippen molar-refractivity contribution in [3.8, 4) is 11.5 Å². The summed E-state index contributed by atoms with van der Waals surface area (Å²) in [4.78, 5) is 21.3. The van der Waals surface area contributed by atoms with Crippen LogP contribution >= 0.6 is 0 Å². The van der Waals surface area contributed by atoms with E-state index in [1.165, 1.54) is 0 Å². The largest absolute Gasteiger partial charge is 0.493 e. The predicted molar refractivity (Wildman–Crippen MR) is 137 cm³/mol. The number of nitrogens with one attached hydrogen (secondary N) is 1. The number of fused-ring (bicyclic) bond motifs is 1. The lowest BCUT2D eigenvalue weighted by atomic mass is 10.0. The van der Waals surface area contributed by atoms with Gasteiger partial charge in [-0.3, -0.25) is 9.69 Å². The van der Waals surface area contributed by atoms with Gasteiger partial charge < -0.3 is 19.4 Å². The Bertz CT molecular complexity index is 1380. The summed E-state index contributed by atoms with van der Waals surface area (Å²) in [6.45, 7) is 7.14. The number of pyridine rings is 1. The summed E-state index contributed by atoms with van der Waals surface area (Å²) < 4.78 is 12.7. The summed E-state index contributed by atoms with van der Waals surface area (Å²) >= 11 is 0. The van der Waals surface area contributed by atoms with Crippen LogP contribution in [0.3, 0.4) is 0 Å². The van der Waals surface area contributed by atoms with E-state index in [1.807, 2.05) is 42.5 Å². The molecule has 1 atom stereocenters. The fourth-order valence-electron chi connectivity index (χ4n) is 4.87. The second kappa shape index (κ2) is 10.5. The Kier molecular flexibility index (Phi) is 6.97. The zero-order chi connectivity index (χ0) is 25.1. The van der Waals surface area contributed by atoms with Crippen molar-refractivity contribution in [1.82, 2.24) is 35.0 Å². The van der Waals surface area contributed by atoms with Gasteiger partial charge >= 0.3 is 0 Å². The minimum Gasteiger partial charge on any atom is -0.493 e. The van der Waals surface area contributed by atoms with Crippen LogP contribution in [0.25, 0.3) is 10.9 Å². The molecule has 188 valence electrons. The van der Waals surface area contributed by atoms with Crippen molar-refractivity contribution in [3.05, 3.63) is 75.8 Å². The molecule has 1 fully saturated rings. The number of ether oxygens (including phenoxy) is 2. The third kappa shape index (κ3) is 4.69. The first-order valence-electron chi connectivity index (χ1n) is 12.2. The van der Waals surface area contributed by atoms with E-state index in [0.29, 0.717) is 34.9 Å². The molecule has 10 heteroatoms. The number of aromatic amines is 1. The average molecular weight is 490 g/mol. The number of methoxy groups -OCH3 is 2. The van der Waals surface area contributed by atoms with E-state index >= 15 is 0 Å². The Hall–Kier alpha value is -3.76. The summed E-state index contributed by atoms with van der Waals surface area (Å²) in [6, 6.07) is 15.3. The number of aromatic nitrogens is 5. The van der Waals surface area contributed by atoms with Gasteiger partial charge in [0, 0.05) is 43.2 Å². The molecule has 1 saturated heterocycles. The van der Waals surface area contributed by atoms with Crippen molar-refractivity contribution >= 4 is 10.9 Å². The monoisotopic (exact) mass is 489 g/mol. The molecule has 5 rings (SSSR count). The van der Waals surface area contributed by atoms with Crippen molar-refractivity contribution in [1.29, 1.82) is 0 Å². The maximum atomic E-state index is 13.5. The van der Waals surface area contributed by atoms with E-state index in [-0.39, 0.29) is 5.56 Å². The van der Waals surface area contributed by atoms with E-state index < -0.39 is 6.04 Å². The molecule has 10 nitrogen and oxygen atoms in total. The summed E-state index contributed by atoms with van der Waals surface area (Å²) in [7, 11) is 3.18. The number of rotatable bonds is 8. The Morgan fingerprint density at radius 2 is 1.72 bits per heavy atom. The van der Waals surface area contributed by atoms with Crippen molar-refractivity contribution < 1.29 is 9.47 Å². The second-order valence-corrected chi connectivity index (χ2v) is 8.90. The molecule has 0 radical (unpaired) electrons. The normalized spacial score (nSPS) is 15.8. The van der Waals surface area contributed by atoms with Gasteiger partial charge in [-0.15, -0.1) is 5.10 Å². The molecule has 4 aromatic rings. The van der Waals surface area contributed by atoms with Gasteiger partial charge in [-0.2, -0.15) is 0 Å². The van der Waals surface area contributed by atoms with Crippen molar-refractivity contribution in [2.24, 2.45) is 0 Å². The molecule has 3 heterocycles. The van der Waals surface area contributed by atoms with Crippen LogP contribution < -0.4 is 15.0 Å². The fourth-order valence-corrected chi connectivity index (χ4v) is 4.87. The molecule has 1 aliphatic heterocycles. The maximum absolute atomic E-state index is 13.5. The van der Waals surface area contributed by atoms with Gasteiger partial charge in [-0.05, 0) is 34.7 Å². The molecule has 2 aromatic carbocycles. The lowest BCUT2D eigenvalue weighted by Crippen LogP contribution is -2.49. The zero-order valence-electron chi connectivity index (χ0n) is 20.8. The summed E-state index contributed by atoms with van der Waals surface area (Å²) in [5, 5.41) is 13.6. The molecule has 2 aromatic heterocycles. The van der Waals surface area contributed by atoms with E-state index in [0.717, 1.165) is 43.7 Å². The number of hydrogen-bond donors (Lipinski definition) is 1. The quantitative estimate of drug-likeness (QED) is 0.402. The highest BCUT2D eigenvalue weighted by Crippen LogP contribution is 2.33. The number of H-pyrrole nitrogens is 1. The Balaban J connectivity index is 1.61. The predicted octanol–water partition coefficient (Wildman–Crippen LogP) is 2.31. The van der Waals surface area contributed by atoms with Crippen LogP contribution in [0.15, 0.2) is 53.3 Å². The molecule has 0 amide bonds. The summed E-state index contributed by atoms with van der Waals surface area (Å²) in [6.07, 6.45) is 0. The van der Waals surface area contributed by atoms with Gasteiger partial charge in [0.05, 0.1) is 26.3 Å². The lowest BCUT2D eigenvalue weighted by molar-refractivity contribution is 0.108. The first-order chi connectivity index (χ1) is 17.6. The molecule has 1 aliphatic rings. The highest BCUT2D eigenvalue weighted by atomic mass is 16.5. The van der Waals surface area contributed by atoms with Crippen LogP contribution in [0.1, 0.15) is 29.9 Å². The van der Waals surface area contributed by atoms with Crippen LogP contribution in [0, 0.1) is 0 Å². The molecule has 1 N–H and O–H groups in total. The minimum atomic E-state index is -0.399. The Morgan fingerprint density at radius 3 is 2.42 bits per heavy atom. The molecule has 0 saturated carbocycles. The number of benzene rings is 2. The molecular formula is C26H31N7O3. The minimum absolute atomic E-state index is 0.174. The third-order valence-electron chi connectivity index (χ3n) is 6.87. The first kappa shape index (κ1) is 24.0. The first-order valence-corrected chi connectivity index (χ1v) is 12.2. The number of tetrazole rings is 1. The van der Waals surface area contributed by atoms with E-state index in [1.54, 1.807) is 25.0 Å². The van der Waals surface area contributed by atoms with Crippen LogP contribution in [0.2, 0.25) is 0 Å². The zero-order valence-corrected chi connectivity index (χ0v) is 20.8. The number of piperazine rings is 1. The standard InChI is InChI=1S/C26H31N7O3/c1-4-31-10-12-32(13-11-31)24(25-28-29-30-33(25)17-18-8-6-5-7-9-18)20-14-19-15-22(35-2)23(36-3)16-21(19)27-26(20)34/h5-9,14-16,24H,4,10-13,17H2,1-3H3,(H,27,34)/t24-/m1/s1. The maximum Gasteiger partial charge on any atom is 0.253 e. The number of hydrogen-bond acceptors (Lipinski definition) is 8. The average Bonchev–Trinajstić information content (AvgIpc) is 3.36. The number of nitrogens with zero attached hydrogens (tertiary/aromatic N) is 6.